The van der Waals surface area contributed by atoms with E-state index in [4.69, 9.17) is 0 Å². The van der Waals surface area contributed by atoms with Crippen LogP contribution in [0.1, 0.15) is 31.4 Å². The number of aliphatic hydroxyl groups excluding tert-OH is 1. The van der Waals surface area contributed by atoms with E-state index in [-0.39, 0.29) is 0 Å². The second-order valence-corrected chi connectivity index (χ2v) is 5.31. The molecule has 4 heteroatoms. The Morgan fingerprint density at radius 3 is 2.61 bits per heavy atom. The first-order valence-corrected chi connectivity index (χ1v) is 6.63. The number of piperidine rings is 1. The van der Waals surface area contributed by atoms with E-state index >= 15 is 0 Å². The topological polar surface area (TPSA) is 39.6 Å². The monoisotopic (exact) mass is 249 g/mol. The van der Waals surface area contributed by atoms with Crippen LogP contribution in [0.3, 0.4) is 0 Å². The van der Waals surface area contributed by atoms with Gasteiger partial charge in [0.1, 0.15) is 5.82 Å². The second-order valence-electron chi connectivity index (χ2n) is 5.31. The summed E-state index contributed by atoms with van der Waals surface area (Å²) >= 11 is 0. The summed E-state index contributed by atoms with van der Waals surface area (Å²) in [6.07, 6.45) is 3.71. The molecule has 1 aliphatic heterocycles. The molecule has 0 radical (unpaired) electrons. The van der Waals surface area contributed by atoms with Gasteiger partial charge >= 0.3 is 0 Å². The number of anilines is 1. The molecule has 1 saturated heterocycles. The van der Waals surface area contributed by atoms with E-state index in [0.717, 1.165) is 24.5 Å². The van der Waals surface area contributed by atoms with E-state index in [0.29, 0.717) is 6.04 Å². The molecule has 0 spiro atoms. The summed E-state index contributed by atoms with van der Waals surface area (Å²) in [6, 6.07) is 4.56. The molecule has 1 aliphatic rings. The first kappa shape index (κ1) is 13.3. The third-order valence-electron chi connectivity index (χ3n) is 3.77. The summed E-state index contributed by atoms with van der Waals surface area (Å²) < 4.78 is 0. The fourth-order valence-corrected chi connectivity index (χ4v) is 2.48. The van der Waals surface area contributed by atoms with Gasteiger partial charge in [0.05, 0.1) is 6.10 Å². The fraction of sp³-hybridized carbons (Fsp3) is 0.643. The van der Waals surface area contributed by atoms with Crippen LogP contribution < -0.4 is 4.90 Å². The lowest BCUT2D eigenvalue weighted by Gasteiger charge is -2.36. The molecule has 1 aromatic heterocycles. The molecule has 0 amide bonds. The Labute approximate surface area is 109 Å². The average Bonchev–Trinajstić information content (AvgIpc) is 2.39. The van der Waals surface area contributed by atoms with E-state index in [9.17, 15) is 5.11 Å². The van der Waals surface area contributed by atoms with Crippen LogP contribution >= 0.6 is 0 Å². The number of aliphatic hydroxyl groups is 1. The standard InChI is InChI=1S/C14H23N3O/c1-11(18)12-4-7-15-14(10-12)17-8-5-13(6-9-17)16(2)3/h4,7,10-11,13,18H,5-6,8-9H2,1-3H3. The van der Waals surface area contributed by atoms with Crippen molar-refractivity contribution in [3.8, 4) is 0 Å². The number of nitrogens with zero attached hydrogens (tertiary/aromatic N) is 3. The molecule has 4 nitrogen and oxygen atoms in total. The van der Waals surface area contributed by atoms with Crippen LogP contribution in [-0.4, -0.2) is 48.2 Å². The Kier molecular flexibility index (Phi) is 4.19. The highest BCUT2D eigenvalue weighted by molar-refractivity contribution is 5.42. The smallest absolute Gasteiger partial charge is 0.128 e. The number of aromatic nitrogens is 1. The van der Waals surface area contributed by atoms with Crippen molar-refractivity contribution in [2.45, 2.75) is 31.9 Å². The lowest BCUT2D eigenvalue weighted by atomic mass is 10.0. The van der Waals surface area contributed by atoms with Crippen molar-refractivity contribution >= 4 is 5.82 Å². The zero-order valence-electron chi connectivity index (χ0n) is 11.5. The van der Waals surface area contributed by atoms with Gasteiger partial charge in [-0.15, -0.1) is 0 Å². The highest BCUT2D eigenvalue weighted by Gasteiger charge is 2.21. The Morgan fingerprint density at radius 1 is 1.39 bits per heavy atom. The van der Waals surface area contributed by atoms with E-state index in [1.54, 1.807) is 13.1 Å². The molecule has 1 atom stereocenters. The maximum absolute atomic E-state index is 9.61. The molecule has 0 aliphatic carbocycles. The Bertz CT molecular complexity index is 384. The molecule has 1 unspecified atom stereocenters. The van der Waals surface area contributed by atoms with Gasteiger partial charge in [-0.2, -0.15) is 0 Å². The van der Waals surface area contributed by atoms with Gasteiger partial charge in [-0.05, 0) is 51.6 Å². The second kappa shape index (κ2) is 5.67. The molecule has 100 valence electrons. The first-order valence-electron chi connectivity index (χ1n) is 6.63. The summed E-state index contributed by atoms with van der Waals surface area (Å²) in [5.74, 6) is 0.991. The molecule has 2 heterocycles. The van der Waals surface area contributed by atoms with Gasteiger partial charge in [-0.3, -0.25) is 0 Å². The molecule has 0 bridgehead atoms. The van der Waals surface area contributed by atoms with E-state index in [2.05, 4.69) is 28.9 Å². The first-order chi connectivity index (χ1) is 8.58. The summed E-state index contributed by atoms with van der Waals surface area (Å²) in [5, 5.41) is 9.61. The predicted octanol–water partition coefficient (Wildman–Crippen LogP) is 1.67. The van der Waals surface area contributed by atoms with Gasteiger partial charge in [0.2, 0.25) is 0 Å². The maximum Gasteiger partial charge on any atom is 0.128 e. The third kappa shape index (κ3) is 3.00. The van der Waals surface area contributed by atoms with Crippen molar-refractivity contribution < 1.29 is 5.11 Å². The molecule has 2 rings (SSSR count). The van der Waals surface area contributed by atoms with Crippen molar-refractivity contribution in [1.29, 1.82) is 0 Å². The minimum absolute atomic E-state index is 0.425. The quantitative estimate of drug-likeness (QED) is 0.884. The lowest BCUT2D eigenvalue weighted by molar-refractivity contribution is 0.199. The highest BCUT2D eigenvalue weighted by atomic mass is 16.3. The van der Waals surface area contributed by atoms with Gasteiger partial charge in [-0.25, -0.2) is 4.98 Å². The highest BCUT2D eigenvalue weighted by Crippen LogP contribution is 2.22. The number of hydrogen-bond donors (Lipinski definition) is 1. The van der Waals surface area contributed by atoms with Crippen LogP contribution in [0.25, 0.3) is 0 Å². The zero-order chi connectivity index (χ0) is 13.1. The predicted molar refractivity (Wildman–Crippen MR) is 73.8 cm³/mol. The fourth-order valence-electron chi connectivity index (χ4n) is 2.48. The van der Waals surface area contributed by atoms with Gasteiger partial charge < -0.3 is 14.9 Å². The van der Waals surface area contributed by atoms with Crippen molar-refractivity contribution in [3.05, 3.63) is 23.9 Å². The number of hydrogen-bond acceptors (Lipinski definition) is 4. The van der Waals surface area contributed by atoms with Crippen LogP contribution in [0.2, 0.25) is 0 Å². The van der Waals surface area contributed by atoms with E-state index in [1.807, 2.05) is 12.1 Å². The molecule has 1 fully saturated rings. The number of rotatable bonds is 3. The maximum atomic E-state index is 9.61. The largest absolute Gasteiger partial charge is 0.389 e. The summed E-state index contributed by atoms with van der Waals surface area (Å²) in [7, 11) is 4.29. The van der Waals surface area contributed by atoms with Gasteiger partial charge in [0.25, 0.3) is 0 Å². The minimum atomic E-state index is -0.425. The Hall–Kier alpha value is -1.13. The summed E-state index contributed by atoms with van der Waals surface area (Å²) in [6.45, 7) is 3.87. The molecule has 1 N–H and O–H groups in total. The van der Waals surface area contributed by atoms with Crippen LogP contribution in [0.4, 0.5) is 5.82 Å². The van der Waals surface area contributed by atoms with Gasteiger partial charge in [0.15, 0.2) is 0 Å². The van der Waals surface area contributed by atoms with Crippen molar-refractivity contribution in [2.75, 3.05) is 32.1 Å². The van der Waals surface area contributed by atoms with E-state index < -0.39 is 6.10 Å². The van der Waals surface area contributed by atoms with E-state index in [1.165, 1.54) is 12.8 Å². The summed E-state index contributed by atoms with van der Waals surface area (Å²) in [5.41, 5.74) is 0.940. The van der Waals surface area contributed by atoms with Gasteiger partial charge in [-0.1, -0.05) is 0 Å². The number of pyridine rings is 1. The molecule has 1 aromatic rings. The zero-order valence-corrected chi connectivity index (χ0v) is 11.5. The molecular formula is C14H23N3O. The molecule has 0 saturated carbocycles. The Morgan fingerprint density at radius 2 is 2.06 bits per heavy atom. The summed E-state index contributed by atoms with van der Waals surface area (Å²) in [4.78, 5) is 9.03. The van der Waals surface area contributed by atoms with Crippen LogP contribution in [-0.2, 0) is 0 Å². The lowest BCUT2D eigenvalue weighted by Crippen LogP contribution is -2.42. The minimum Gasteiger partial charge on any atom is -0.389 e. The molecule has 0 aromatic carbocycles. The molecule has 18 heavy (non-hydrogen) atoms. The SMILES string of the molecule is CC(O)c1ccnc(N2CCC(N(C)C)CC2)c1. The molecular weight excluding hydrogens is 226 g/mol. The van der Waals surface area contributed by atoms with Crippen LogP contribution in [0, 0.1) is 0 Å². The van der Waals surface area contributed by atoms with Crippen molar-refractivity contribution in [2.24, 2.45) is 0 Å². The van der Waals surface area contributed by atoms with Crippen molar-refractivity contribution in [1.82, 2.24) is 9.88 Å². The third-order valence-corrected chi connectivity index (χ3v) is 3.77. The van der Waals surface area contributed by atoms with Crippen molar-refractivity contribution in [3.63, 3.8) is 0 Å². The van der Waals surface area contributed by atoms with Crippen LogP contribution in [0.5, 0.6) is 0 Å². The van der Waals surface area contributed by atoms with Crippen LogP contribution in [0.15, 0.2) is 18.3 Å². The van der Waals surface area contributed by atoms with Gasteiger partial charge in [0, 0.05) is 25.3 Å². The normalized spacial score (nSPS) is 19.3. The average molecular weight is 249 g/mol. The Balaban J connectivity index is 2.03.